The topological polar surface area (TPSA) is 58.4 Å². The number of piperazine rings is 1. The van der Waals surface area contributed by atoms with E-state index < -0.39 is 5.54 Å². The monoisotopic (exact) mass is 325 g/mol. The van der Waals surface area contributed by atoms with E-state index in [0.29, 0.717) is 13.1 Å². The van der Waals surface area contributed by atoms with Crippen LogP contribution >= 0.6 is 15.9 Å². The highest BCUT2D eigenvalue weighted by Crippen LogP contribution is 2.30. The molecule has 0 bridgehead atoms. The summed E-state index contributed by atoms with van der Waals surface area (Å²) in [5.41, 5.74) is 6.57. The molecule has 1 aromatic carbocycles. The van der Waals surface area contributed by atoms with Gasteiger partial charge >= 0.3 is 0 Å². The zero-order valence-corrected chi connectivity index (χ0v) is 12.9. The first kappa shape index (κ1) is 14.5. The molecule has 1 unspecified atom stereocenters. The molecule has 1 fully saturated rings. The lowest BCUT2D eigenvalue weighted by molar-refractivity contribution is -0.137. The molecule has 0 saturated carbocycles. The van der Waals surface area contributed by atoms with Crippen LogP contribution in [0.25, 0.3) is 0 Å². The Labute approximate surface area is 122 Å². The summed E-state index contributed by atoms with van der Waals surface area (Å²) in [6, 6.07) is 8.20. The first-order valence-electron chi connectivity index (χ1n) is 6.47. The molecular weight excluding hydrogens is 306 g/mol. The van der Waals surface area contributed by atoms with E-state index in [-0.39, 0.29) is 11.9 Å². The normalized spacial score (nSPS) is 20.9. The SMILES string of the molecule is CC1(C)C(=O)NCCN1C(CN)c1ccc(Br)cc1. The molecule has 1 aliphatic heterocycles. The average Bonchev–Trinajstić information content (AvgIpc) is 2.38. The molecule has 0 aliphatic carbocycles. The third-order valence-corrected chi connectivity index (χ3v) is 4.29. The van der Waals surface area contributed by atoms with Crippen molar-refractivity contribution in [2.45, 2.75) is 25.4 Å². The van der Waals surface area contributed by atoms with Crippen LogP contribution in [0.4, 0.5) is 0 Å². The molecule has 4 nitrogen and oxygen atoms in total. The lowest BCUT2D eigenvalue weighted by Crippen LogP contribution is -2.63. The van der Waals surface area contributed by atoms with Crippen LogP contribution in [0.3, 0.4) is 0 Å². The lowest BCUT2D eigenvalue weighted by atomic mass is 9.93. The maximum absolute atomic E-state index is 12.0. The zero-order chi connectivity index (χ0) is 14.0. The minimum absolute atomic E-state index is 0.0640. The Morgan fingerprint density at radius 1 is 1.42 bits per heavy atom. The van der Waals surface area contributed by atoms with Gasteiger partial charge in [0.05, 0.1) is 5.54 Å². The van der Waals surface area contributed by atoms with Crippen LogP contribution in [0.2, 0.25) is 0 Å². The van der Waals surface area contributed by atoms with E-state index in [1.54, 1.807) is 0 Å². The third-order valence-electron chi connectivity index (χ3n) is 3.77. The van der Waals surface area contributed by atoms with Crippen LogP contribution in [0.1, 0.15) is 25.5 Å². The predicted molar refractivity (Wildman–Crippen MR) is 79.7 cm³/mol. The second-order valence-corrected chi connectivity index (χ2v) is 6.23. The number of hydrogen-bond donors (Lipinski definition) is 2. The van der Waals surface area contributed by atoms with E-state index >= 15 is 0 Å². The number of nitrogens with zero attached hydrogens (tertiary/aromatic N) is 1. The van der Waals surface area contributed by atoms with E-state index in [0.717, 1.165) is 16.6 Å². The molecular formula is C14H20BrN3O. The molecule has 19 heavy (non-hydrogen) atoms. The number of carbonyl (C=O) groups is 1. The summed E-state index contributed by atoms with van der Waals surface area (Å²) in [6.07, 6.45) is 0. The summed E-state index contributed by atoms with van der Waals surface area (Å²) in [5.74, 6) is 0.0642. The molecule has 0 aromatic heterocycles. The van der Waals surface area contributed by atoms with Gasteiger partial charge < -0.3 is 11.1 Å². The second-order valence-electron chi connectivity index (χ2n) is 5.31. The van der Waals surface area contributed by atoms with Crippen LogP contribution < -0.4 is 11.1 Å². The minimum Gasteiger partial charge on any atom is -0.353 e. The van der Waals surface area contributed by atoms with Gasteiger partial charge in [-0.25, -0.2) is 0 Å². The minimum atomic E-state index is -0.532. The van der Waals surface area contributed by atoms with Crippen molar-refractivity contribution in [2.24, 2.45) is 5.73 Å². The number of halogens is 1. The van der Waals surface area contributed by atoms with Gasteiger partial charge in [-0.1, -0.05) is 28.1 Å². The number of nitrogens with one attached hydrogen (secondary N) is 1. The van der Waals surface area contributed by atoms with E-state index in [2.05, 4.69) is 38.3 Å². The second kappa shape index (κ2) is 5.61. The highest BCUT2D eigenvalue weighted by Gasteiger charge is 2.41. The summed E-state index contributed by atoms with van der Waals surface area (Å²) in [5, 5.41) is 2.91. The van der Waals surface area contributed by atoms with E-state index in [9.17, 15) is 4.79 Å². The van der Waals surface area contributed by atoms with Gasteiger partial charge in [0, 0.05) is 30.1 Å². The average molecular weight is 326 g/mol. The van der Waals surface area contributed by atoms with Crippen molar-refractivity contribution in [1.29, 1.82) is 0 Å². The molecule has 1 heterocycles. The van der Waals surface area contributed by atoms with Crippen molar-refractivity contribution in [2.75, 3.05) is 19.6 Å². The molecule has 104 valence electrons. The highest BCUT2D eigenvalue weighted by atomic mass is 79.9. The van der Waals surface area contributed by atoms with Gasteiger partial charge in [-0.15, -0.1) is 0 Å². The number of benzene rings is 1. The fourth-order valence-electron chi connectivity index (χ4n) is 2.59. The Morgan fingerprint density at radius 3 is 2.63 bits per heavy atom. The first-order valence-corrected chi connectivity index (χ1v) is 7.26. The Balaban J connectivity index is 2.30. The quantitative estimate of drug-likeness (QED) is 0.888. The molecule has 0 spiro atoms. The summed E-state index contributed by atoms with van der Waals surface area (Å²) in [4.78, 5) is 14.2. The molecule has 1 atom stereocenters. The van der Waals surface area contributed by atoms with Crippen molar-refractivity contribution in [3.8, 4) is 0 Å². The standard InChI is InChI=1S/C14H20BrN3O/c1-14(2)13(19)17-7-8-18(14)12(9-16)10-3-5-11(15)6-4-10/h3-6,12H,7-9,16H2,1-2H3,(H,17,19). The van der Waals surface area contributed by atoms with Gasteiger partial charge in [-0.2, -0.15) is 0 Å². The van der Waals surface area contributed by atoms with Gasteiger partial charge in [-0.3, -0.25) is 9.69 Å². The van der Waals surface area contributed by atoms with E-state index in [4.69, 9.17) is 5.73 Å². The van der Waals surface area contributed by atoms with Crippen molar-refractivity contribution in [3.05, 3.63) is 34.3 Å². The van der Waals surface area contributed by atoms with Gasteiger partial charge in [0.25, 0.3) is 0 Å². The number of rotatable bonds is 3. The zero-order valence-electron chi connectivity index (χ0n) is 11.3. The number of amides is 1. The summed E-state index contributed by atoms with van der Waals surface area (Å²) < 4.78 is 1.04. The first-order chi connectivity index (χ1) is 8.96. The molecule has 1 aromatic rings. The molecule has 1 amide bonds. The molecule has 2 rings (SSSR count). The molecule has 3 N–H and O–H groups in total. The molecule has 5 heteroatoms. The van der Waals surface area contributed by atoms with E-state index in [1.165, 1.54) is 0 Å². The van der Waals surface area contributed by atoms with Crippen molar-refractivity contribution >= 4 is 21.8 Å². The number of carbonyl (C=O) groups excluding carboxylic acids is 1. The Hall–Kier alpha value is -0.910. The highest BCUT2D eigenvalue weighted by molar-refractivity contribution is 9.10. The predicted octanol–water partition coefficient (Wildman–Crippen LogP) is 1.66. The van der Waals surface area contributed by atoms with Crippen LogP contribution in [0.15, 0.2) is 28.7 Å². The van der Waals surface area contributed by atoms with Crippen LogP contribution in [0.5, 0.6) is 0 Å². The van der Waals surface area contributed by atoms with Crippen molar-refractivity contribution in [1.82, 2.24) is 10.2 Å². The Morgan fingerprint density at radius 2 is 2.05 bits per heavy atom. The maximum Gasteiger partial charge on any atom is 0.240 e. The van der Waals surface area contributed by atoms with Gasteiger partial charge in [0.15, 0.2) is 0 Å². The van der Waals surface area contributed by atoms with Crippen molar-refractivity contribution in [3.63, 3.8) is 0 Å². The van der Waals surface area contributed by atoms with Crippen molar-refractivity contribution < 1.29 is 4.79 Å². The molecule has 1 aliphatic rings. The molecule has 1 saturated heterocycles. The fourth-order valence-corrected chi connectivity index (χ4v) is 2.85. The van der Waals surface area contributed by atoms with Crippen LogP contribution in [0, 0.1) is 0 Å². The van der Waals surface area contributed by atoms with Crippen LogP contribution in [-0.2, 0) is 4.79 Å². The number of nitrogens with two attached hydrogens (primary N) is 1. The molecule has 0 radical (unpaired) electrons. The Bertz CT molecular complexity index is 458. The van der Waals surface area contributed by atoms with Gasteiger partial charge in [-0.05, 0) is 31.5 Å². The number of hydrogen-bond acceptors (Lipinski definition) is 3. The summed E-state index contributed by atoms with van der Waals surface area (Å²) >= 11 is 3.44. The van der Waals surface area contributed by atoms with Crippen LogP contribution in [-0.4, -0.2) is 36.0 Å². The van der Waals surface area contributed by atoms with Gasteiger partial charge in [0.1, 0.15) is 0 Å². The smallest absolute Gasteiger partial charge is 0.240 e. The Kier molecular flexibility index (Phi) is 4.28. The van der Waals surface area contributed by atoms with E-state index in [1.807, 2.05) is 26.0 Å². The largest absolute Gasteiger partial charge is 0.353 e. The lowest BCUT2D eigenvalue weighted by Gasteiger charge is -2.45. The maximum atomic E-state index is 12.0. The summed E-state index contributed by atoms with van der Waals surface area (Å²) in [6.45, 7) is 5.89. The van der Waals surface area contributed by atoms with Gasteiger partial charge in [0.2, 0.25) is 5.91 Å². The fraction of sp³-hybridized carbons (Fsp3) is 0.500. The summed E-state index contributed by atoms with van der Waals surface area (Å²) in [7, 11) is 0. The third kappa shape index (κ3) is 2.83.